The molecule has 2 fully saturated rings. The zero-order valence-corrected chi connectivity index (χ0v) is 13.3. The smallest absolute Gasteiger partial charge is 0.325 e. The molecule has 0 bridgehead atoms. The van der Waals surface area contributed by atoms with Crippen LogP contribution in [-0.4, -0.2) is 32.5 Å². The van der Waals surface area contributed by atoms with Crippen molar-refractivity contribution in [3.63, 3.8) is 0 Å². The summed E-state index contributed by atoms with van der Waals surface area (Å²) in [7, 11) is 0. The molecular weight excluding hydrogens is 312 g/mol. The average Bonchev–Trinajstić information content (AvgIpc) is 3.28. The van der Waals surface area contributed by atoms with E-state index in [4.69, 9.17) is 8.94 Å². The third-order valence-corrected chi connectivity index (χ3v) is 5.00. The Hall–Kier alpha value is -2.64. The van der Waals surface area contributed by atoms with E-state index in [1.807, 2.05) is 6.92 Å². The van der Waals surface area contributed by atoms with Gasteiger partial charge in [-0.3, -0.25) is 9.69 Å². The van der Waals surface area contributed by atoms with Crippen LogP contribution in [0.3, 0.4) is 0 Å². The van der Waals surface area contributed by atoms with E-state index in [1.54, 1.807) is 12.1 Å². The second-order valence-corrected chi connectivity index (χ2v) is 6.43. The summed E-state index contributed by atoms with van der Waals surface area (Å²) in [6, 6.07) is 3.02. The monoisotopic (exact) mass is 330 g/mol. The normalized spacial score (nSPS) is 27.0. The summed E-state index contributed by atoms with van der Waals surface area (Å²) in [4.78, 5) is 30.6. The molecule has 1 N–H and O–H groups in total. The van der Waals surface area contributed by atoms with Gasteiger partial charge in [-0.05, 0) is 30.9 Å². The van der Waals surface area contributed by atoms with Crippen LogP contribution in [0.2, 0.25) is 0 Å². The van der Waals surface area contributed by atoms with Gasteiger partial charge >= 0.3 is 6.03 Å². The summed E-state index contributed by atoms with van der Waals surface area (Å²) in [6.07, 6.45) is 5.15. The zero-order valence-electron chi connectivity index (χ0n) is 13.3. The summed E-state index contributed by atoms with van der Waals surface area (Å²) >= 11 is 0. The van der Waals surface area contributed by atoms with Crippen LogP contribution in [0.4, 0.5) is 4.79 Å². The van der Waals surface area contributed by atoms with Crippen LogP contribution in [-0.2, 0) is 11.3 Å². The number of nitrogens with one attached hydrogen (secondary N) is 1. The van der Waals surface area contributed by atoms with E-state index in [0.29, 0.717) is 12.2 Å². The Morgan fingerprint density at radius 2 is 2.29 bits per heavy atom. The zero-order chi connectivity index (χ0) is 16.7. The third kappa shape index (κ3) is 2.21. The molecule has 1 aliphatic carbocycles. The molecule has 1 spiro atoms. The van der Waals surface area contributed by atoms with Gasteiger partial charge in [-0.1, -0.05) is 24.9 Å². The van der Waals surface area contributed by atoms with Crippen molar-refractivity contribution in [3.05, 3.63) is 24.2 Å². The maximum absolute atomic E-state index is 12.9. The summed E-state index contributed by atoms with van der Waals surface area (Å²) in [5.74, 6) is 0.872. The molecular formula is C16H18N4O4. The second kappa shape index (κ2) is 5.47. The maximum atomic E-state index is 12.9. The molecule has 3 heterocycles. The first-order valence-electron chi connectivity index (χ1n) is 8.11. The van der Waals surface area contributed by atoms with Gasteiger partial charge in [0.25, 0.3) is 11.8 Å². The van der Waals surface area contributed by atoms with Crippen molar-refractivity contribution in [2.24, 2.45) is 5.92 Å². The molecule has 1 saturated heterocycles. The van der Waals surface area contributed by atoms with Crippen molar-refractivity contribution < 1.29 is 18.5 Å². The fourth-order valence-corrected chi connectivity index (χ4v) is 3.60. The number of hydrogen-bond acceptors (Lipinski definition) is 6. The van der Waals surface area contributed by atoms with E-state index in [2.05, 4.69) is 15.5 Å². The second-order valence-electron chi connectivity index (χ2n) is 6.43. The summed E-state index contributed by atoms with van der Waals surface area (Å²) in [6.45, 7) is 2.01. The number of carbonyl (C=O) groups is 2. The number of imide groups is 1. The fourth-order valence-electron chi connectivity index (χ4n) is 3.60. The number of amides is 3. The minimum absolute atomic E-state index is 0.0106. The molecule has 0 radical (unpaired) electrons. The minimum Gasteiger partial charge on any atom is -0.459 e. The van der Waals surface area contributed by atoms with E-state index in [-0.39, 0.29) is 30.1 Å². The van der Waals surface area contributed by atoms with Crippen LogP contribution < -0.4 is 5.32 Å². The molecule has 4 rings (SSSR count). The van der Waals surface area contributed by atoms with Crippen LogP contribution >= 0.6 is 0 Å². The van der Waals surface area contributed by atoms with Gasteiger partial charge in [0, 0.05) is 0 Å². The lowest BCUT2D eigenvalue weighted by molar-refractivity contribution is -0.134. The molecule has 1 aliphatic heterocycles. The van der Waals surface area contributed by atoms with E-state index < -0.39 is 11.6 Å². The third-order valence-electron chi connectivity index (χ3n) is 5.00. The molecule has 2 aliphatic rings. The lowest BCUT2D eigenvalue weighted by Gasteiger charge is -2.36. The standard InChI is InChI=1S/C16H18N4O4/c1-10-5-2-3-7-16(10)14(21)20(15(22)18-16)9-12-17-13(24-19-12)11-6-4-8-23-11/h4,6,8,10H,2-3,5,7,9H2,1H3,(H,18,22)/t10-,16-/m1/s1. The van der Waals surface area contributed by atoms with Gasteiger partial charge in [0.1, 0.15) is 5.54 Å². The quantitative estimate of drug-likeness (QED) is 0.867. The lowest BCUT2D eigenvalue weighted by Crippen LogP contribution is -2.53. The number of aromatic nitrogens is 2. The number of hydrogen-bond donors (Lipinski definition) is 1. The highest BCUT2D eigenvalue weighted by atomic mass is 16.5. The fraction of sp³-hybridized carbons (Fsp3) is 0.500. The van der Waals surface area contributed by atoms with E-state index in [1.165, 1.54) is 11.2 Å². The summed E-state index contributed by atoms with van der Waals surface area (Å²) in [5.41, 5.74) is -0.775. The Balaban J connectivity index is 1.55. The van der Waals surface area contributed by atoms with E-state index in [0.717, 1.165) is 19.3 Å². The molecule has 126 valence electrons. The maximum Gasteiger partial charge on any atom is 0.325 e. The van der Waals surface area contributed by atoms with Gasteiger partial charge in [0.15, 0.2) is 11.6 Å². The van der Waals surface area contributed by atoms with Gasteiger partial charge in [-0.15, -0.1) is 0 Å². The van der Waals surface area contributed by atoms with Crippen LogP contribution in [0.25, 0.3) is 11.7 Å². The number of carbonyl (C=O) groups excluding carboxylic acids is 2. The van der Waals surface area contributed by atoms with E-state index in [9.17, 15) is 9.59 Å². The van der Waals surface area contributed by atoms with Gasteiger partial charge in [0.2, 0.25) is 0 Å². The molecule has 3 amide bonds. The first-order valence-corrected chi connectivity index (χ1v) is 8.11. The van der Waals surface area contributed by atoms with Crippen LogP contribution in [0.1, 0.15) is 38.4 Å². The largest absolute Gasteiger partial charge is 0.459 e. The molecule has 0 unspecified atom stereocenters. The van der Waals surface area contributed by atoms with Crippen LogP contribution in [0.5, 0.6) is 0 Å². The highest BCUT2D eigenvalue weighted by molar-refractivity contribution is 6.07. The Labute approximate surface area is 138 Å². The Kier molecular flexibility index (Phi) is 3.40. The predicted octanol–water partition coefficient (Wildman–Crippen LogP) is 2.33. The first-order chi connectivity index (χ1) is 11.6. The van der Waals surface area contributed by atoms with Crippen molar-refractivity contribution in [1.82, 2.24) is 20.4 Å². The molecule has 2 aromatic heterocycles. The lowest BCUT2D eigenvalue weighted by atomic mass is 9.73. The first kappa shape index (κ1) is 14.9. The van der Waals surface area contributed by atoms with Gasteiger partial charge in [-0.25, -0.2) is 4.79 Å². The Morgan fingerprint density at radius 3 is 3.04 bits per heavy atom. The SMILES string of the molecule is C[C@@H]1CCCC[C@@]12NC(=O)N(Cc1noc(-c3ccco3)n1)C2=O. The average molecular weight is 330 g/mol. The highest BCUT2D eigenvalue weighted by Crippen LogP contribution is 2.38. The molecule has 0 aromatic carbocycles. The van der Waals surface area contributed by atoms with Crippen molar-refractivity contribution >= 4 is 11.9 Å². The Bertz CT molecular complexity index is 769. The minimum atomic E-state index is -0.775. The summed E-state index contributed by atoms with van der Waals surface area (Å²) in [5, 5.41) is 6.74. The van der Waals surface area contributed by atoms with Crippen LogP contribution in [0, 0.1) is 5.92 Å². The number of rotatable bonds is 3. The van der Waals surface area contributed by atoms with Gasteiger partial charge in [0.05, 0.1) is 12.8 Å². The van der Waals surface area contributed by atoms with Gasteiger partial charge in [-0.2, -0.15) is 4.98 Å². The highest BCUT2D eigenvalue weighted by Gasteiger charge is 2.55. The van der Waals surface area contributed by atoms with Crippen molar-refractivity contribution in [3.8, 4) is 11.7 Å². The molecule has 8 nitrogen and oxygen atoms in total. The summed E-state index contributed by atoms with van der Waals surface area (Å²) < 4.78 is 10.3. The molecule has 1 saturated carbocycles. The number of urea groups is 1. The number of furan rings is 1. The molecule has 2 aromatic rings. The van der Waals surface area contributed by atoms with Gasteiger partial charge < -0.3 is 14.3 Å². The topological polar surface area (TPSA) is 101 Å². The van der Waals surface area contributed by atoms with Crippen molar-refractivity contribution in [2.45, 2.75) is 44.7 Å². The van der Waals surface area contributed by atoms with E-state index >= 15 is 0 Å². The van der Waals surface area contributed by atoms with Crippen molar-refractivity contribution in [1.29, 1.82) is 0 Å². The van der Waals surface area contributed by atoms with Crippen LogP contribution in [0.15, 0.2) is 27.3 Å². The predicted molar refractivity (Wildman–Crippen MR) is 81.4 cm³/mol. The Morgan fingerprint density at radius 1 is 1.42 bits per heavy atom. The van der Waals surface area contributed by atoms with Crippen molar-refractivity contribution in [2.75, 3.05) is 0 Å². The molecule has 2 atom stereocenters. The molecule has 8 heteroatoms. The number of nitrogens with zero attached hydrogens (tertiary/aromatic N) is 3. The molecule has 24 heavy (non-hydrogen) atoms.